The summed E-state index contributed by atoms with van der Waals surface area (Å²) < 4.78 is 15.0. The highest BCUT2D eigenvalue weighted by atomic mass is 16.5. The molecule has 3 rings (SSSR count). The molecule has 0 saturated carbocycles. The van der Waals surface area contributed by atoms with Crippen LogP contribution in [0.1, 0.15) is 15.9 Å². The number of methoxy groups -OCH3 is 2. The second-order valence-corrected chi connectivity index (χ2v) is 5.96. The Morgan fingerprint density at radius 3 is 2.07 bits per heavy atom. The van der Waals surface area contributed by atoms with Gasteiger partial charge >= 0.3 is 11.9 Å². The summed E-state index contributed by atoms with van der Waals surface area (Å²) in [6.45, 7) is -0.00487. The first-order chi connectivity index (χ1) is 13.6. The summed E-state index contributed by atoms with van der Waals surface area (Å²) in [5.74, 6) is -1.45. The SMILES string of the molecule is COC(=O)C1=C(C(=O)OC)N(c2ccc(C(=O)c3ccccc3)cc2)COC1. The first-order valence-corrected chi connectivity index (χ1v) is 8.51. The Morgan fingerprint density at radius 1 is 0.857 bits per heavy atom. The second-order valence-electron chi connectivity index (χ2n) is 5.96. The van der Waals surface area contributed by atoms with Crippen molar-refractivity contribution in [1.82, 2.24) is 0 Å². The van der Waals surface area contributed by atoms with E-state index in [0.717, 1.165) is 0 Å². The van der Waals surface area contributed by atoms with E-state index in [1.165, 1.54) is 19.1 Å². The Balaban J connectivity index is 1.94. The van der Waals surface area contributed by atoms with Gasteiger partial charge in [-0.1, -0.05) is 30.3 Å². The van der Waals surface area contributed by atoms with E-state index in [2.05, 4.69) is 0 Å². The Morgan fingerprint density at radius 2 is 1.46 bits per heavy atom. The van der Waals surface area contributed by atoms with Crippen LogP contribution in [0.3, 0.4) is 0 Å². The summed E-state index contributed by atoms with van der Waals surface area (Å²) in [4.78, 5) is 38.4. The Labute approximate surface area is 162 Å². The number of ketones is 1. The van der Waals surface area contributed by atoms with Crippen LogP contribution in [0, 0.1) is 0 Å². The van der Waals surface area contributed by atoms with E-state index in [9.17, 15) is 14.4 Å². The van der Waals surface area contributed by atoms with Crippen molar-refractivity contribution >= 4 is 23.4 Å². The number of hydrogen-bond donors (Lipinski definition) is 0. The van der Waals surface area contributed by atoms with Crippen LogP contribution in [0.15, 0.2) is 65.9 Å². The molecule has 7 heteroatoms. The van der Waals surface area contributed by atoms with Crippen LogP contribution < -0.4 is 4.90 Å². The maximum atomic E-state index is 12.6. The van der Waals surface area contributed by atoms with Crippen LogP contribution in [-0.4, -0.2) is 45.3 Å². The van der Waals surface area contributed by atoms with Gasteiger partial charge in [0.25, 0.3) is 0 Å². The summed E-state index contributed by atoms with van der Waals surface area (Å²) >= 11 is 0. The van der Waals surface area contributed by atoms with Crippen molar-refractivity contribution in [3.63, 3.8) is 0 Å². The maximum absolute atomic E-state index is 12.6. The molecule has 1 aliphatic rings. The molecule has 0 aliphatic carbocycles. The van der Waals surface area contributed by atoms with Gasteiger partial charge in [-0.15, -0.1) is 0 Å². The van der Waals surface area contributed by atoms with Crippen LogP contribution >= 0.6 is 0 Å². The number of ether oxygens (including phenoxy) is 3. The molecule has 2 aromatic rings. The minimum Gasteiger partial charge on any atom is -0.466 e. The molecule has 0 fully saturated rings. The van der Waals surface area contributed by atoms with Gasteiger partial charge in [0.05, 0.1) is 26.4 Å². The number of carbonyl (C=O) groups excluding carboxylic acids is 3. The third-order valence-electron chi connectivity index (χ3n) is 4.31. The van der Waals surface area contributed by atoms with E-state index in [0.29, 0.717) is 16.8 Å². The Kier molecular flexibility index (Phi) is 5.86. The van der Waals surface area contributed by atoms with Gasteiger partial charge in [0.1, 0.15) is 12.4 Å². The molecule has 0 amide bonds. The fourth-order valence-electron chi connectivity index (χ4n) is 2.90. The minimum atomic E-state index is -0.673. The topological polar surface area (TPSA) is 82.1 Å². The summed E-state index contributed by atoms with van der Waals surface area (Å²) in [6, 6.07) is 15.6. The fraction of sp³-hybridized carbons (Fsp3) is 0.190. The smallest absolute Gasteiger partial charge is 0.355 e. The molecule has 7 nitrogen and oxygen atoms in total. The van der Waals surface area contributed by atoms with Gasteiger partial charge in [-0.25, -0.2) is 9.59 Å². The van der Waals surface area contributed by atoms with Crippen LogP contribution in [0.25, 0.3) is 0 Å². The van der Waals surface area contributed by atoms with Crippen molar-refractivity contribution < 1.29 is 28.6 Å². The predicted octanol–water partition coefficient (Wildman–Crippen LogP) is 2.31. The lowest BCUT2D eigenvalue weighted by Gasteiger charge is -2.31. The molecule has 0 aromatic heterocycles. The van der Waals surface area contributed by atoms with E-state index in [1.54, 1.807) is 48.5 Å². The average Bonchev–Trinajstić information content (AvgIpc) is 2.77. The molecule has 28 heavy (non-hydrogen) atoms. The molecule has 1 heterocycles. The minimum absolute atomic E-state index is 0.0525. The standard InChI is InChI=1S/C21H19NO6/c1-26-20(24)17-12-28-13-22(18(17)21(25)27-2)16-10-8-15(9-11-16)19(23)14-6-4-3-5-7-14/h3-11H,12-13H2,1-2H3. The first-order valence-electron chi connectivity index (χ1n) is 8.51. The summed E-state index contributed by atoms with van der Waals surface area (Å²) in [5, 5.41) is 0. The Hall–Kier alpha value is -3.45. The van der Waals surface area contributed by atoms with E-state index in [1.807, 2.05) is 6.07 Å². The number of rotatable bonds is 5. The van der Waals surface area contributed by atoms with E-state index in [-0.39, 0.29) is 30.4 Å². The lowest BCUT2D eigenvalue weighted by Crippen LogP contribution is -2.38. The van der Waals surface area contributed by atoms with Gasteiger partial charge in [0.15, 0.2) is 5.78 Å². The van der Waals surface area contributed by atoms with Crippen molar-refractivity contribution in [2.75, 3.05) is 32.5 Å². The van der Waals surface area contributed by atoms with E-state index < -0.39 is 11.9 Å². The molecule has 0 N–H and O–H groups in total. The largest absolute Gasteiger partial charge is 0.466 e. The van der Waals surface area contributed by atoms with Crippen LogP contribution in [0.2, 0.25) is 0 Å². The fourth-order valence-corrected chi connectivity index (χ4v) is 2.90. The quantitative estimate of drug-likeness (QED) is 0.581. The number of benzene rings is 2. The van der Waals surface area contributed by atoms with Crippen LogP contribution in [-0.2, 0) is 23.8 Å². The van der Waals surface area contributed by atoms with Gasteiger partial charge < -0.3 is 19.1 Å². The molecular formula is C21H19NO6. The van der Waals surface area contributed by atoms with Gasteiger partial charge in [-0.3, -0.25) is 4.79 Å². The van der Waals surface area contributed by atoms with Crippen molar-refractivity contribution in [2.24, 2.45) is 0 Å². The van der Waals surface area contributed by atoms with Gasteiger partial charge in [0, 0.05) is 16.8 Å². The third kappa shape index (κ3) is 3.79. The molecular weight excluding hydrogens is 362 g/mol. The highest BCUT2D eigenvalue weighted by Gasteiger charge is 2.32. The molecule has 0 bridgehead atoms. The van der Waals surface area contributed by atoms with Crippen LogP contribution in [0.4, 0.5) is 5.69 Å². The lowest BCUT2D eigenvalue weighted by molar-refractivity contribution is -0.140. The zero-order valence-corrected chi connectivity index (χ0v) is 15.5. The number of nitrogens with zero attached hydrogens (tertiary/aromatic N) is 1. The van der Waals surface area contributed by atoms with Gasteiger partial charge in [-0.2, -0.15) is 0 Å². The molecule has 0 atom stereocenters. The van der Waals surface area contributed by atoms with Crippen molar-refractivity contribution in [3.8, 4) is 0 Å². The van der Waals surface area contributed by atoms with Gasteiger partial charge in [0.2, 0.25) is 0 Å². The number of esters is 2. The zero-order chi connectivity index (χ0) is 20.1. The van der Waals surface area contributed by atoms with Crippen molar-refractivity contribution in [2.45, 2.75) is 0 Å². The normalized spacial score (nSPS) is 13.9. The van der Waals surface area contributed by atoms with Crippen molar-refractivity contribution in [1.29, 1.82) is 0 Å². The van der Waals surface area contributed by atoms with E-state index >= 15 is 0 Å². The average molecular weight is 381 g/mol. The first kappa shape index (κ1) is 19.3. The van der Waals surface area contributed by atoms with Crippen LogP contribution in [0.5, 0.6) is 0 Å². The molecule has 0 spiro atoms. The molecule has 0 radical (unpaired) electrons. The number of hydrogen-bond acceptors (Lipinski definition) is 7. The monoisotopic (exact) mass is 381 g/mol. The lowest BCUT2D eigenvalue weighted by atomic mass is 10.0. The molecule has 2 aromatic carbocycles. The maximum Gasteiger partial charge on any atom is 0.355 e. The molecule has 0 unspecified atom stereocenters. The molecule has 0 saturated heterocycles. The summed E-state index contributed by atoms with van der Waals surface area (Å²) in [7, 11) is 2.46. The van der Waals surface area contributed by atoms with Crippen molar-refractivity contribution in [3.05, 3.63) is 77.0 Å². The summed E-state index contributed by atoms with van der Waals surface area (Å²) in [5.41, 5.74) is 1.79. The predicted molar refractivity (Wildman–Crippen MR) is 101 cm³/mol. The highest BCUT2D eigenvalue weighted by Crippen LogP contribution is 2.27. The second kappa shape index (κ2) is 8.49. The molecule has 1 aliphatic heterocycles. The highest BCUT2D eigenvalue weighted by molar-refractivity contribution is 6.09. The Bertz CT molecular complexity index is 918. The van der Waals surface area contributed by atoms with Gasteiger partial charge in [-0.05, 0) is 24.3 Å². The van der Waals surface area contributed by atoms with E-state index in [4.69, 9.17) is 14.2 Å². The number of carbonyl (C=O) groups is 3. The summed E-state index contributed by atoms with van der Waals surface area (Å²) in [6.07, 6.45) is 0. The zero-order valence-electron chi connectivity index (χ0n) is 15.5. The number of anilines is 1. The molecule has 144 valence electrons. The third-order valence-corrected chi connectivity index (χ3v) is 4.31.